The topological polar surface area (TPSA) is 112 Å². The van der Waals surface area contributed by atoms with Gasteiger partial charge in [-0.1, -0.05) is 6.07 Å². The highest BCUT2D eigenvalue weighted by Crippen LogP contribution is 2.31. The molecule has 2 amide bonds. The van der Waals surface area contributed by atoms with Crippen LogP contribution in [0.15, 0.2) is 42.5 Å². The van der Waals surface area contributed by atoms with Gasteiger partial charge in [-0.3, -0.25) is 5.01 Å². The van der Waals surface area contributed by atoms with Gasteiger partial charge in [-0.15, -0.1) is 0 Å². The van der Waals surface area contributed by atoms with Crippen molar-refractivity contribution in [2.45, 2.75) is 34.3 Å². The molecule has 0 spiro atoms. The van der Waals surface area contributed by atoms with E-state index in [0.29, 0.717) is 29.4 Å². The first-order valence-electron chi connectivity index (χ1n) is 10.3. The summed E-state index contributed by atoms with van der Waals surface area (Å²) in [5, 5.41) is 6.43. The van der Waals surface area contributed by atoms with Crippen LogP contribution in [0.1, 0.15) is 29.4 Å². The van der Waals surface area contributed by atoms with Crippen molar-refractivity contribution in [2.75, 3.05) is 18.7 Å². The number of nitrogens with zero attached hydrogens (tertiary/aromatic N) is 4. The van der Waals surface area contributed by atoms with Crippen LogP contribution in [0, 0.1) is 20.8 Å². The molecule has 0 radical (unpaired) electrons. The van der Waals surface area contributed by atoms with Gasteiger partial charge in [0.05, 0.1) is 29.2 Å². The molecule has 0 saturated heterocycles. The second-order valence-electron chi connectivity index (χ2n) is 7.53. The first-order chi connectivity index (χ1) is 15.2. The van der Waals surface area contributed by atoms with E-state index in [1.54, 1.807) is 12.1 Å². The summed E-state index contributed by atoms with van der Waals surface area (Å²) < 4.78 is 13.8. The minimum atomic E-state index is -0.565. The number of urea groups is 1. The third-order valence-electron chi connectivity index (χ3n) is 4.96. The first kappa shape index (κ1) is 23.1. The van der Waals surface area contributed by atoms with Crippen molar-refractivity contribution in [1.82, 2.24) is 14.8 Å². The molecule has 4 N–H and O–H groups in total. The van der Waals surface area contributed by atoms with E-state index in [1.165, 1.54) is 7.05 Å². The predicted octanol–water partition coefficient (Wildman–Crippen LogP) is 3.38. The lowest BCUT2D eigenvalue weighted by atomic mass is 10.1. The van der Waals surface area contributed by atoms with E-state index >= 15 is 0 Å². The molecule has 3 rings (SSSR count). The van der Waals surface area contributed by atoms with Gasteiger partial charge in [0, 0.05) is 12.7 Å². The van der Waals surface area contributed by atoms with Crippen molar-refractivity contribution < 1.29 is 14.3 Å². The highest BCUT2D eigenvalue weighted by atomic mass is 16.5. The second-order valence-corrected chi connectivity index (χ2v) is 7.53. The maximum atomic E-state index is 12.3. The summed E-state index contributed by atoms with van der Waals surface area (Å²) in [4.78, 5) is 12.3. The summed E-state index contributed by atoms with van der Waals surface area (Å²) in [6.07, 6.45) is 0. The molecule has 1 aromatic heterocycles. The fourth-order valence-electron chi connectivity index (χ4n) is 3.46. The summed E-state index contributed by atoms with van der Waals surface area (Å²) in [6, 6.07) is 12.7. The summed E-state index contributed by atoms with van der Waals surface area (Å²) in [7, 11) is 1.43. The van der Waals surface area contributed by atoms with E-state index in [2.05, 4.69) is 5.10 Å². The van der Waals surface area contributed by atoms with Crippen molar-refractivity contribution in [3.05, 3.63) is 65.0 Å². The third-order valence-corrected chi connectivity index (χ3v) is 4.96. The molecular formula is C23H30N6O3. The van der Waals surface area contributed by atoms with Gasteiger partial charge in [0.1, 0.15) is 18.1 Å². The number of carbonyl (C=O) groups is 1. The first-order valence-corrected chi connectivity index (χ1v) is 10.3. The van der Waals surface area contributed by atoms with Gasteiger partial charge in [-0.05, 0) is 69.7 Å². The second kappa shape index (κ2) is 9.71. The molecule has 0 atom stereocenters. The molecule has 0 unspecified atom stereocenters. The number of amides is 2. The molecule has 0 fully saturated rings. The molecule has 9 nitrogen and oxygen atoms in total. The molecule has 1 heterocycles. The van der Waals surface area contributed by atoms with Crippen LogP contribution in [-0.2, 0) is 6.61 Å². The maximum Gasteiger partial charge on any atom is 0.352 e. The number of carbonyl (C=O) groups excluding carboxylic acids is 1. The smallest absolute Gasteiger partial charge is 0.352 e. The Labute approximate surface area is 188 Å². The quantitative estimate of drug-likeness (QED) is 0.332. The molecule has 170 valence electrons. The summed E-state index contributed by atoms with van der Waals surface area (Å²) in [5.74, 6) is 12.9. The van der Waals surface area contributed by atoms with Crippen LogP contribution in [-0.4, -0.2) is 34.5 Å². The molecule has 0 aliphatic carbocycles. The van der Waals surface area contributed by atoms with E-state index in [4.69, 9.17) is 21.2 Å². The molecule has 32 heavy (non-hydrogen) atoms. The number of rotatable bonds is 7. The number of benzene rings is 2. The van der Waals surface area contributed by atoms with Crippen molar-refractivity contribution in [3.63, 3.8) is 0 Å². The Morgan fingerprint density at radius 1 is 1.06 bits per heavy atom. The average Bonchev–Trinajstić information content (AvgIpc) is 3.10. The van der Waals surface area contributed by atoms with Gasteiger partial charge in [0.15, 0.2) is 0 Å². The van der Waals surface area contributed by atoms with E-state index < -0.39 is 6.03 Å². The Bertz CT molecular complexity index is 1110. The van der Waals surface area contributed by atoms with Gasteiger partial charge in [-0.2, -0.15) is 5.10 Å². The number of hydrazine groups is 2. The molecule has 0 bridgehead atoms. The van der Waals surface area contributed by atoms with Gasteiger partial charge in [0.2, 0.25) is 0 Å². The number of hydrogen-bond donors (Lipinski definition) is 2. The zero-order valence-corrected chi connectivity index (χ0v) is 19.1. The normalized spacial score (nSPS) is 10.7. The van der Waals surface area contributed by atoms with Crippen molar-refractivity contribution in [2.24, 2.45) is 11.7 Å². The summed E-state index contributed by atoms with van der Waals surface area (Å²) in [6.45, 7) is 8.46. The molecule has 0 saturated carbocycles. The molecule has 2 aromatic carbocycles. The van der Waals surface area contributed by atoms with Gasteiger partial charge in [-0.25, -0.2) is 26.2 Å². The van der Waals surface area contributed by atoms with Crippen LogP contribution in [0.25, 0.3) is 5.69 Å². The summed E-state index contributed by atoms with van der Waals surface area (Å²) in [5.41, 5.74) is 5.03. The Hall–Kier alpha value is -3.56. The lowest BCUT2D eigenvalue weighted by Crippen LogP contribution is -2.49. The maximum absolute atomic E-state index is 12.3. The molecule has 0 aliphatic heterocycles. The highest BCUT2D eigenvalue weighted by molar-refractivity contribution is 5.91. The number of hydrogen-bond acceptors (Lipinski definition) is 6. The van der Waals surface area contributed by atoms with E-state index in [0.717, 1.165) is 32.7 Å². The SMILES string of the molecule is CCOc1cccc(N(N)C(=O)N(C)N)c1COc1ccc(-n2nc(C)cc2C)cc1C. The van der Waals surface area contributed by atoms with Gasteiger partial charge in [0.25, 0.3) is 0 Å². The molecule has 3 aromatic rings. The largest absolute Gasteiger partial charge is 0.493 e. The number of anilines is 1. The van der Waals surface area contributed by atoms with Crippen LogP contribution in [0.5, 0.6) is 11.5 Å². The standard InChI is InChI=1S/C23H30N6O3/c1-6-31-22-9-7-8-20(28(25)23(30)27(5)24)19(22)14-32-21-11-10-18(12-15(21)2)29-17(4)13-16(3)26-29/h7-13H,6,14,24-25H2,1-5H3. The predicted molar refractivity (Wildman–Crippen MR) is 124 cm³/mol. The lowest BCUT2D eigenvalue weighted by molar-refractivity contribution is 0.216. The minimum Gasteiger partial charge on any atom is -0.493 e. The Morgan fingerprint density at radius 2 is 1.81 bits per heavy atom. The monoisotopic (exact) mass is 438 g/mol. The fraction of sp³-hybridized carbons (Fsp3) is 0.304. The zero-order valence-electron chi connectivity index (χ0n) is 19.1. The van der Waals surface area contributed by atoms with E-state index in [-0.39, 0.29) is 6.61 Å². The van der Waals surface area contributed by atoms with Crippen LogP contribution in [0.3, 0.4) is 0 Å². The highest BCUT2D eigenvalue weighted by Gasteiger charge is 2.21. The van der Waals surface area contributed by atoms with Crippen LogP contribution in [0.2, 0.25) is 0 Å². The minimum absolute atomic E-state index is 0.154. The van der Waals surface area contributed by atoms with E-state index in [1.807, 2.05) is 62.7 Å². The van der Waals surface area contributed by atoms with Crippen molar-refractivity contribution >= 4 is 11.7 Å². The number of ether oxygens (including phenoxy) is 2. The van der Waals surface area contributed by atoms with Crippen LogP contribution < -0.4 is 26.2 Å². The zero-order chi connectivity index (χ0) is 23.4. The lowest BCUT2D eigenvalue weighted by Gasteiger charge is -2.24. The number of aryl methyl sites for hydroxylation is 3. The van der Waals surface area contributed by atoms with Crippen molar-refractivity contribution in [1.29, 1.82) is 0 Å². The Morgan fingerprint density at radius 3 is 2.41 bits per heavy atom. The van der Waals surface area contributed by atoms with Crippen molar-refractivity contribution in [3.8, 4) is 17.2 Å². The Kier molecular flexibility index (Phi) is 7.01. The molecular weight excluding hydrogens is 408 g/mol. The van der Waals surface area contributed by atoms with Crippen LogP contribution in [0.4, 0.5) is 10.5 Å². The fourth-order valence-corrected chi connectivity index (χ4v) is 3.46. The number of nitrogens with two attached hydrogens (primary N) is 2. The molecule has 0 aliphatic rings. The average molecular weight is 439 g/mol. The number of aromatic nitrogens is 2. The third kappa shape index (κ3) is 4.84. The summed E-state index contributed by atoms with van der Waals surface area (Å²) >= 11 is 0. The van der Waals surface area contributed by atoms with Gasteiger partial charge >= 0.3 is 6.03 Å². The van der Waals surface area contributed by atoms with Gasteiger partial charge < -0.3 is 9.47 Å². The van der Waals surface area contributed by atoms with E-state index in [9.17, 15) is 4.79 Å². The molecule has 9 heteroatoms. The van der Waals surface area contributed by atoms with Crippen LogP contribution >= 0.6 is 0 Å². The Balaban J connectivity index is 1.89.